The second-order valence-electron chi connectivity index (χ2n) is 0.492. The van der Waals surface area contributed by atoms with Crippen molar-refractivity contribution in [2.24, 2.45) is 0 Å². The molecule has 46 valence electrons. The molecule has 0 rings (SSSR count). The monoisotopic (exact) mass is 146 g/mol. The van der Waals surface area contributed by atoms with Crippen molar-refractivity contribution < 1.29 is 26.4 Å². The first kappa shape index (κ1) is 15.8. The largest absolute Gasteiger partial charge is 2.00 e. The molecule has 0 aromatic heterocycles. The standard InChI is InChI=1S/C2H4O2.C2H5.Ni/c1-2(3)4;1-2;/h1H3,(H,3,4);1H2,2H3;/q;-1;+2/p-1. The molecule has 0 amide bonds. The number of carboxylic acid groups (broad SMARTS) is 1. The van der Waals surface area contributed by atoms with E-state index in [1.165, 1.54) is 0 Å². The summed E-state index contributed by atoms with van der Waals surface area (Å²) in [6.45, 7) is 5.97. The summed E-state index contributed by atoms with van der Waals surface area (Å²) in [5.41, 5.74) is 0. The average Bonchev–Trinajstić information content (AvgIpc) is 1.41. The summed E-state index contributed by atoms with van der Waals surface area (Å²) in [7, 11) is 0. The van der Waals surface area contributed by atoms with Crippen LogP contribution in [-0.4, -0.2) is 5.97 Å². The zero-order chi connectivity index (χ0) is 5.58. The van der Waals surface area contributed by atoms with Gasteiger partial charge in [-0.2, -0.15) is 6.92 Å². The fraction of sp³-hybridized carbons (Fsp3) is 0.500. The van der Waals surface area contributed by atoms with Gasteiger partial charge in [0.1, 0.15) is 0 Å². The number of carboxylic acids is 1. The van der Waals surface area contributed by atoms with Crippen LogP contribution in [0.2, 0.25) is 0 Å². The van der Waals surface area contributed by atoms with E-state index in [2.05, 4.69) is 6.92 Å². The number of hydrogen-bond acceptors (Lipinski definition) is 2. The van der Waals surface area contributed by atoms with Gasteiger partial charge in [0, 0.05) is 5.97 Å². The normalized spacial score (nSPS) is 4.43. The van der Waals surface area contributed by atoms with E-state index < -0.39 is 5.97 Å². The molecule has 0 heterocycles. The molecule has 3 heteroatoms. The van der Waals surface area contributed by atoms with Crippen molar-refractivity contribution in [2.45, 2.75) is 13.8 Å². The third-order valence-corrected chi connectivity index (χ3v) is 0. The maximum absolute atomic E-state index is 8.89. The van der Waals surface area contributed by atoms with E-state index in [9.17, 15) is 0 Å². The molecule has 0 aromatic carbocycles. The van der Waals surface area contributed by atoms with Crippen molar-refractivity contribution in [2.75, 3.05) is 0 Å². The molecule has 0 aliphatic carbocycles. The van der Waals surface area contributed by atoms with E-state index in [1.54, 1.807) is 6.92 Å². The Balaban J connectivity index is -0.0000000480. The third-order valence-electron chi connectivity index (χ3n) is 0. The number of hydrogen-bond donors (Lipinski definition) is 0. The summed E-state index contributed by atoms with van der Waals surface area (Å²) in [5, 5.41) is 8.89. The molecule has 0 bridgehead atoms. The van der Waals surface area contributed by atoms with E-state index >= 15 is 0 Å². The summed E-state index contributed by atoms with van der Waals surface area (Å²) in [5.74, 6) is -1.08. The number of aliphatic carboxylic acids is 1. The van der Waals surface area contributed by atoms with Crippen LogP contribution in [0.5, 0.6) is 0 Å². The number of carbonyl (C=O) groups is 1. The van der Waals surface area contributed by atoms with E-state index in [0.29, 0.717) is 0 Å². The summed E-state index contributed by atoms with van der Waals surface area (Å²) in [6, 6.07) is 0. The summed E-state index contributed by atoms with van der Waals surface area (Å²) >= 11 is 0. The zero-order valence-electron chi connectivity index (χ0n) is 4.34. The van der Waals surface area contributed by atoms with Crippen LogP contribution < -0.4 is 5.11 Å². The first-order valence-electron chi connectivity index (χ1n) is 1.62. The molecular weight excluding hydrogens is 139 g/mol. The van der Waals surface area contributed by atoms with Gasteiger partial charge < -0.3 is 16.8 Å². The molecule has 0 unspecified atom stereocenters. The number of carbonyl (C=O) groups excluding carboxylic acids is 1. The molecule has 0 atom stereocenters. The molecule has 0 saturated carbocycles. The molecule has 7 heavy (non-hydrogen) atoms. The molecular formula is C4H8NiO2. The Hall–Kier alpha value is -0.0365. The molecule has 0 spiro atoms. The van der Waals surface area contributed by atoms with Crippen molar-refractivity contribution in [1.29, 1.82) is 0 Å². The third kappa shape index (κ3) is 70300. The predicted molar refractivity (Wildman–Crippen MR) is 21.7 cm³/mol. The van der Waals surface area contributed by atoms with E-state index in [0.717, 1.165) is 6.92 Å². The van der Waals surface area contributed by atoms with Gasteiger partial charge in [0.25, 0.3) is 0 Å². The van der Waals surface area contributed by atoms with Gasteiger partial charge in [-0.25, -0.2) is 0 Å². The SMILES string of the molecule is CC(=O)[O-].[CH2-]C.[Ni+2]. The minimum Gasteiger partial charge on any atom is -0.550 e. The van der Waals surface area contributed by atoms with Crippen molar-refractivity contribution in [3.63, 3.8) is 0 Å². The van der Waals surface area contributed by atoms with Crippen LogP contribution in [0.1, 0.15) is 13.8 Å². The molecule has 0 N–H and O–H groups in total. The maximum Gasteiger partial charge on any atom is 2.00 e. The van der Waals surface area contributed by atoms with Gasteiger partial charge in [-0.05, 0) is 6.92 Å². The Kier molecular flexibility index (Phi) is 37.7. The Bertz CT molecular complexity index is 32.7. The molecule has 0 saturated heterocycles. The number of rotatable bonds is 0. The van der Waals surface area contributed by atoms with E-state index in [-0.39, 0.29) is 16.5 Å². The van der Waals surface area contributed by atoms with Gasteiger partial charge in [-0.3, -0.25) is 0 Å². The van der Waals surface area contributed by atoms with Gasteiger partial charge >= 0.3 is 16.5 Å². The van der Waals surface area contributed by atoms with Gasteiger partial charge in [-0.15, -0.1) is 0 Å². The van der Waals surface area contributed by atoms with Crippen LogP contribution in [-0.2, 0) is 21.3 Å². The fourth-order valence-electron chi connectivity index (χ4n) is 0. The second-order valence-corrected chi connectivity index (χ2v) is 0.492. The first-order valence-corrected chi connectivity index (χ1v) is 1.62. The first-order chi connectivity index (χ1) is 2.73. The summed E-state index contributed by atoms with van der Waals surface area (Å²) in [6.07, 6.45) is 0. The molecule has 2 nitrogen and oxygen atoms in total. The maximum atomic E-state index is 8.89. The Labute approximate surface area is 53.8 Å². The second kappa shape index (κ2) is 16.7. The van der Waals surface area contributed by atoms with Gasteiger partial charge in [0.2, 0.25) is 0 Å². The predicted octanol–water partition coefficient (Wildman–Crippen LogP) is -0.406. The van der Waals surface area contributed by atoms with Gasteiger partial charge in [0.15, 0.2) is 0 Å². The van der Waals surface area contributed by atoms with Gasteiger partial charge in [-0.1, -0.05) is 0 Å². The van der Waals surface area contributed by atoms with Crippen molar-refractivity contribution >= 4 is 5.97 Å². The van der Waals surface area contributed by atoms with E-state index in [1.807, 2.05) is 0 Å². The molecule has 0 aromatic rings. The average molecular weight is 147 g/mol. The van der Waals surface area contributed by atoms with Crippen molar-refractivity contribution in [3.05, 3.63) is 6.92 Å². The Morgan fingerprint density at radius 2 is 1.57 bits per heavy atom. The van der Waals surface area contributed by atoms with E-state index in [4.69, 9.17) is 9.90 Å². The van der Waals surface area contributed by atoms with Crippen LogP contribution in [0.3, 0.4) is 0 Å². The molecule has 0 aliphatic rings. The minimum absolute atomic E-state index is 0. The van der Waals surface area contributed by atoms with Crippen LogP contribution in [0.15, 0.2) is 0 Å². The fourth-order valence-corrected chi connectivity index (χ4v) is 0. The summed E-state index contributed by atoms with van der Waals surface area (Å²) in [4.78, 5) is 8.89. The Morgan fingerprint density at radius 3 is 1.57 bits per heavy atom. The summed E-state index contributed by atoms with van der Waals surface area (Å²) < 4.78 is 0. The molecule has 0 aliphatic heterocycles. The van der Waals surface area contributed by atoms with Crippen LogP contribution >= 0.6 is 0 Å². The van der Waals surface area contributed by atoms with Gasteiger partial charge in [0.05, 0.1) is 0 Å². The zero-order valence-corrected chi connectivity index (χ0v) is 5.33. The Morgan fingerprint density at radius 1 is 1.57 bits per heavy atom. The van der Waals surface area contributed by atoms with Crippen LogP contribution in [0.4, 0.5) is 0 Å². The smallest absolute Gasteiger partial charge is 0.550 e. The molecule has 0 fully saturated rings. The molecule has 0 radical (unpaired) electrons. The van der Waals surface area contributed by atoms with Crippen molar-refractivity contribution in [3.8, 4) is 0 Å². The van der Waals surface area contributed by atoms with Crippen LogP contribution in [0.25, 0.3) is 0 Å². The topological polar surface area (TPSA) is 40.1 Å². The quantitative estimate of drug-likeness (QED) is 0.345. The van der Waals surface area contributed by atoms with Crippen LogP contribution in [0, 0.1) is 6.92 Å². The van der Waals surface area contributed by atoms with Crippen molar-refractivity contribution in [1.82, 2.24) is 0 Å². The minimum atomic E-state index is -1.08.